The first-order chi connectivity index (χ1) is 15.2. The summed E-state index contributed by atoms with van der Waals surface area (Å²) in [4.78, 5) is 36.3. The molecule has 2 heterocycles. The number of nitrogens with zero attached hydrogens (tertiary/aromatic N) is 3. The van der Waals surface area contributed by atoms with Crippen molar-refractivity contribution >= 4 is 46.4 Å². The first-order valence-electron chi connectivity index (χ1n) is 8.93. The summed E-state index contributed by atoms with van der Waals surface area (Å²) in [6.45, 7) is -0.485. The van der Waals surface area contributed by atoms with Crippen LogP contribution in [0.15, 0.2) is 64.6 Å². The van der Waals surface area contributed by atoms with Crippen molar-refractivity contribution in [3.05, 3.63) is 80.1 Å². The predicted octanol–water partition coefficient (Wildman–Crippen LogP) is 1.47. The van der Waals surface area contributed by atoms with Crippen molar-refractivity contribution in [1.82, 2.24) is 15.0 Å². The molecule has 2 aromatic heterocycles. The third-order valence-corrected chi connectivity index (χ3v) is 5.14. The number of amides is 2. The summed E-state index contributed by atoms with van der Waals surface area (Å²) in [5, 5.41) is 8.99. The van der Waals surface area contributed by atoms with Crippen molar-refractivity contribution in [2.45, 2.75) is 0 Å². The minimum absolute atomic E-state index is 0.115. The lowest BCUT2D eigenvalue weighted by Crippen LogP contribution is -2.42. The topological polar surface area (TPSA) is 148 Å². The second-order valence-corrected chi connectivity index (χ2v) is 7.98. The van der Waals surface area contributed by atoms with Gasteiger partial charge in [0.1, 0.15) is 12.4 Å². The second kappa shape index (κ2) is 10.0. The maximum absolute atomic E-state index is 14.4. The Balaban J connectivity index is 1.58. The molecular formula is C19H17ClFN7O3S. The fraction of sp³-hybridized carbons (Fsp3) is 0.0526. The molecule has 0 bridgehead atoms. The van der Waals surface area contributed by atoms with Gasteiger partial charge in [-0.25, -0.2) is 15.4 Å². The number of thiophene rings is 1. The monoisotopic (exact) mass is 477 g/mol. The molecule has 3 rings (SSSR count). The van der Waals surface area contributed by atoms with Gasteiger partial charge in [0.25, 0.3) is 11.5 Å². The summed E-state index contributed by atoms with van der Waals surface area (Å²) < 4.78 is 16.1. The summed E-state index contributed by atoms with van der Waals surface area (Å²) >= 11 is 6.82. The van der Waals surface area contributed by atoms with E-state index in [1.165, 1.54) is 35.0 Å². The Labute approximate surface area is 189 Å². The molecule has 0 unspecified atom stereocenters. The predicted molar refractivity (Wildman–Crippen MR) is 120 cm³/mol. The number of hydrazone groups is 1. The van der Waals surface area contributed by atoms with E-state index in [1.807, 2.05) is 0 Å². The van der Waals surface area contributed by atoms with Crippen LogP contribution in [0.2, 0.25) is 4.34 Å². The largest absolute Gasteiger partial charge is 0.368 e. The molecule has 2 amide bonds. The van der Waals surface area contributed by atoms with Crippen molar-refractivity contribution in [3.63, 3.8) is 0 Å². The van der Waals surface area contributed by atoms with E-state index in [2.05, 4.69) is 15.7 Å². The van der Waals surface area contributed by atoms with E-state index >= 15 is 0 Å². The highest BCUT2D eigenvalue weighted by Crippen LogP contribution is 2.21. The third kappa shape index (κ3) is 5.91. The number of anilines is 1. The van der Waals surface area contributed by atoms with Crippen molar-refractivity contribution in [3.8, 4) is 5.69 Å². The van der Waals surface area contributed by atoms with Gasteiger partial charge in [-0.15, -0.1) is 16.4 Å². The SMILES string of the molecule is N/C(=N\N(N)CC(=O)Nc1ccc(-n2ccccc2=O)cc1F)NC(=O)c1ccc(Cl)s1. The number of pyridine rings is 1. The van der Waals surface area contributed by atoms with Gasteiger partial charge < -0.3 is 11.1 Å². The molecule has 0 aliphatic carbocycles. The van der Waals surface area contributed by atoms with E-state index < -0.39 is 24.2 Å². The van der Waals surface area contributed by atoms with Crippen molar-refractivity contribution in [1.29, 1.82) is 0 Å². The molecule has 6 N–H and O–H groups in total. The Hall–Kier alpha value is -3.74. The highest BCUT2D eigenvalue weighted by molar-refractivity contribution is 7.18. The molecule has 0 saturated heterocycles. The van der Waals surface area contributed by atoms with Crippen LogP contribution in [0.4, 0.5) is 10.1 Å². The summed E-state index contributed by atoms with van der Waals surface area (Å²) in [5.74, 6) is 3.28. The molecule has 0 atom stereocenters. The van der Waals surface area contributed by atoms with Crippen LogP contribution < -0.4 is 27.8 Å². The molecule has 13 heteroatoms. The van der Waals surface area contributed by atoms with Gasteiger partial charge in [0.15, 0.2) is 0 Å². The Bertz CT molecular complexity index is 1240. The van der Waals surface area contributed by atoms with Gasteiger partial charge in [-0.05, 0) is 30.3 Å². The van der Waals surface area contributed by atoms with E-state index in [-0.39, 0.29) is 17.2 Å². The molecule has 166 valence electrons. The zero-order valence-corrected chi connectivity index (χ0v) is 17.9. The highest BCUT2D eigenvalue weighted by Gasteiger charge is 2.13. The maximum atomic E-state index is 14.4. The van der Waals surface area contributed by atoms with Gasteiger partial charge in [-0.3, -0.25) is 24.3 Å². The third-order valence-electron chi connectivity index (χ3n) is 3.91. The molecule has 0 aliphatic heterocycles. The summed E-state index contributed by atoms with van der Waals surface area (Å²) in [6, 6.07) is 11.5. The zero-order chi connectivity index (χ0) is 23.3. The zero-order valence-electron chi connectivity index (χ0n) is 16.3. The van der Waals surface area contributed by atoms with Crippen LogP contribution in [-0.4, -0.2) is 34.0 Å². The van der Waals surface area contributed by atoms with E-state index in [9.17, 15) is 18.8 Å². The molecular weight excluding hydrogens is 461 g/mol. The number of nitrogens with one attached hydrogen (secondary N) is 2. The molecule has 0 spiro atoms. The molecule has 10 nitrogen and oxygen atoms in total. The van der Waals surface area contributed by atoms with E-state index in [4.69, 9.17) is 23.2 Å². The molecule has 1 aromatic carbocycles. The van der Waals surface area contributed by atoms with Gasteiger partial charge in [-0.2, -0.15) is 0 Å². The van der Waals surface area contributed by atoms with Crippen LogP contribution >= 0.6 is 22.9 Å². The van der Waals surface area contributed by atoms with Crippen LogP contribution in [0.3, 0.4) is 0 Å². The van der Waals surface area contributed by atoms with Gasteiger partial charge >= 0.3 is 0 Å². The number of carbonyl (C=O) groups is 2. The lowest BCUT2D eigenvalue weighted by atomic mass is 10.2. The lowest BCUT2D eigenvalue weighted by Gasteiger charge is -2.14. The number of halogens is 2. The van der Waals surface area contributed by atoms with Crippen LogP contribution in [0.5, 0.6) is 0 Å². The fourth-order valence-corrected chi connectivity index (χ4v) is 3.48. The van der Waals surface area contributed by atoms with E-state index in [0.717, 1.165) is 17.4 Å². The normalized spacial score (nSPS) is 11.2. The number of hydrazine groups is 1. The van der Waals surface area contributed by atoms with Crippen LogP contribution in [0.25, 0.3) is 5.69 Å². The lowest BCUT2D eigenvalue weighted by molar-refractivity contribution is -0.117. The summed E-state index contributed by atoms with van der Waals surface area (Å²) in [5.41, 5.74) is 5.46. The van der Waals surface area contributed by atoms with Gasteiger partial charge in [0, 0.05) is 18.3 Å². The molecule has 0 saturated carbocycles. The number of benzene rings is 1. The van der Waals surface area contributed by atoms with Gasteiger partial charge in [-0.1, -0.05) is 17.7 Å². The molecule has 0 aliphatic rings. The molecule has 32 heavy (non-hydrogen) atoms. The summed E-state index contributed by atoms with van der Waals surface area (Å²) in [7, 11) is 0. The molecule has 0 radical (unpaired) electrons. The number of nitrogens with two attached hydrogens (primary N) is 2. The van der Waals surface area contributed by atoms with E-state index in [0.29, 0.717) is 20.0 Å². The van der Waals surface area contributed by atoms with E-state index in [1.54, 1.807) is 18.2 Å². The average molecular weight is 478 g/mol. The highest BCUT2D eigenvalue weighted by atomic mass is 35.5. The number of hydrogen-bond donors (Lipinski definition) is 4. The maximum Gasteiger partial charge on any atom is 0.268 e. The quantitative estimate of drug-likeness (QED) is 0.183. The number of hydrogen-bond acceptors (Lipinski definition) is 7. The number of rotatable bonds is 6. The van der Waals surface area contributed by atoms with Crippen LogP contribution in [-0.2, 0) is 4.79 Å². The molecule has 3 aromatic rings. The van der Waals surface area contributed by atoms with Crippen LogP contribution in [0.1, 0.15) is 9.67 Å². The summed E-state index contributed by atoms with van der Waals surface area (Å²) in [6.07, 6.45) is 1.50. The first kappa shape index (κ1) is 22.9. The Kier molecular flexibility index (Phi) is 7.20. The first-order valence-corrected chi connectivity index (χ1v) is 10.1. The molecule has 0 fully saturated rings. The average Bonchev–Trinajstić information content (AvgIpc) is 3.16. The fourth-order valence-electron chi connectivity index (χ4n) is 2.55. The van der Waals surface area contributed by atoms with Crippen molar-refractivity contribution in [2.24, 2.45) is 16.7 Å². The second-order valence-electron chi connectivity index (χ2n) is 6.26. The number of guanidine groups is 1. The minimum atomic E-state index is -0.750. The Morgan fingerprint density at radius 1 is 1.22 bits per heavy atom. The minimum Gasteiger partial charge on any atom is -0.368 e. The van der Waals surface area contributed by atoms with Gasteiger partial charge in [0.2, 0.25) is 11.9 Å². The van der Waals surface area contributed by atoms with Crippen molar-refractivity contribution in [2.75, 3.05) is 11.9 Å². The van der Waals surface area contributed by atoms with Crippen LogP contribution in [0, 0.1) is 5.82 Å². The Morgan fingerprint density at radius 3 is 2.66 bits per heavy atom. The smallest absolute Gasteiger partial charge is 0.268 e. The standard InChI is InChI=1S/C19H17ClFN7O3S/c20-15-7-6-14(32-15)18(31)25-19(22)26-28(23)10-16(29)24-13-5-4-11(9-12(13)21)27-8-2-1-3-17(27)30/h1-9H,10,23H2,(H,24,29)(H3,22,25,26,31). The van der Waals surface area contributed by atoms with Gasteiger partial charge in [0.05, 0.1) is 20.6 Å². The number of carbonyl (C=O) groups excluding carboxylic acids is 2. The number of aromatic nitrogens is 1. The van der Waals surface area contributed by atoms with Crippen molar-refractivity contribution < 1.29 is 14.0 Å². The Morgan fingerprint density at radius 2 is 2.00 bits per heavy atom.